The van der Waals surface area contributed by atoms with Crippen molar-refractivity contribution < 1.29 is 4.74 Å². The van der Waals surface area contributed by atoms with Crippen LogP contribution >= 0.6 is 15.9 Å². The molecule has 0 saturated carbocycles. The summed E-state index contributed by atoms with van der Waals surface area (Å²) in [4.78, 5) is 0. The lowest BCUT2D eigenvalue weighted by atomic mass is 9.96. The first-order chi connectivity index (χ1) is 11.0. The second kappa shape index (κ2) is 8.54. The van der Waals surface area contributed by atoms with Crippen molar-refractivity contribution in [3.8, 4) is 5.75 Å². The molecule has 0 unspecified atom stereocenters. The molecule has 0 aliphatic heterocycles. The predicted octanol–water partition coefficient (Wildman–Crippen LogP) is 6.43. The van der Waals surface area contributed by atoms with E-state index in [2.05, 4.69) is 74.0 Å². The van der Waals surface area contributed by atoms with Crippen LogP contribution < -0.4 is 4.74 Å². The van der Waals surface area contributed by atoms with Crippen LogP contribution in [0.1, 0.15) is 44.4 Å². The van der Waals surface area contributed by atoms with Crippen molar-refractivity contribution in [2.75, 3.05) is 0 Å². The highest BCUT2D eigenvalue weighted by Gasteiger charge is 2.10. The monoisotopic (exact) mass is 374 g/mol. The fraction of sp³-hybridized carbons (Fsp3) is 0.429. The number of hydrogen-bond donors (Lipinski definition) is 0. The molecular formula is C21H27BrO. The number of benzene rings is 2. The van der Waals surface area contributed by atoms with Gasteiger partial charge in [0.05, 0.1) is 0 Å². The van der Waals surface area contributed by atoms with E-state index in [-0.39, 0.29) is 0 Å². The SMILES string of the molecule is CC(C)Cc1ccc(OCc2ccccc2Br)c(CC(C)C)c1. The number of halogens is 1. The summed E-state index contributed by atoms with van der Waals surface area (Å²) in [5.74, 6) is 2.31. The zero-order valence-corrected chi connectivity index (χ0v) is 16.2. The maximum atomic E-state index is 6.13. The van der Waals surface area contributed by atoms with E-state index in [0.29, 0.717) is 18.4 Å². The number of ether oxygens (including phenoxy) is 1. The molecule has 0 spiro atoms. The van der Waals surface area contributed by atoms with E-state index < -0.39 is 0 Å². The molecule has 0 N–H and O–H groups in total. The van der Waals surface area contributed by atoms with E-state index in [1.54, 1.807) is 0 Å². The van der Waals surface area contributed by atoms with E-state index in [1.165, 1.54) is 16.7 Å². The molecule has 1 nitrogen and oxygen atoms in total. The Labute approximate surface area is 149 Å². The Morgan fingerprint density at radius 1 is 0.870 bits per heavy atom. The Morgan fingerprint density at radius 3 is 2.22 bits per heavy atom. The van der Waals surface area contributed by atoms with Crippen molar-refractivity contribution >= 4 is 15.9 Å². The molecule has 0 bridgehead atoms. The lowest BCUT2D eigenvalue weighted by molar-refractivity contribution is 0.301. The highest BCUT2D eigenvalue weighted by molar-refractivity contribution is 9.10. The fourth-order valence-corrected chi connectivity index (χ4v) is 3.14. The Kier molecular flexibility index (Phi) is 6.71. The third-order valence-electron chi connectivity index (χ3n) is 3.74. The number of hydrogen-bond acceptors (Lipinski definition) is 1. The lowest BCUT2D eigenvalue weighted by Gasteiger charge is -2.16. The van der Waals surface area contributed by atoms with Gasteiger partial charge in [0, 0.05) is 10.0 Å². The van der Waals surface area contributed by atoms with Crippen LogP contribution in [0.2, 0.25) is 0 Å². The third kappa shape index (κ3) is 5.69. The van der Waals surface area contributed by atoms with E-state index in [9.17, 15) is 0 Å². The van der Waals surface area contributed by atoms with Crippen molar-refractivity contribution in [2.45, 2.75) is 47.1 Å². The van der Waals surface area contributed by atoms with Crippen molar-refractivity contribution in [2.24, 2.45) is 11.8 Å². The molecule has 0 radical (unpaired) electrons. The maximum absolute atomic E-state index is 6.13. The van der Waals surface area contributed by atoms with Gasteiger partial charge < -0.3 is 4.74 Å². The molecule has 2 rings (SSSR count). The van der Waals surface area contributed by atoms with Crippen molar-refractivity contribution in [1.82, 2.24) is 0 Å². The van der Waals surface area contributed by atoms with E-state index in [1.807, 2.05) is 12.1 Å². The van der Waals surface area contributed by atoms with Gasteiger partial charge in [-0.3, -0.25) is 0 Å². The molecule has 0 aliphatic rings. The van der Waals surface area contributed by atoms with Gasteiger partial charge in [-0.2, -0.15) is 0 Å². The summed E-state index contributed by atoms with van der Waals surface area (Å²) < 4.78 is 7.23. The Morgan fingerprint density at radius 2 is 1.57 bits per heavy atom. The van der Waals surface area contributed by atoms with Gasteiger partial charge in [-0.1, -0.05) is 74.0 Å². The molecule has 0 fully saturated rings. The molecule has 2 heteroatoms. The highest BCUT2D eigenvalue weighted by Crippen LogP contribution is 2.26. The van der Waals surface area contributed by atoms with Gasteiger partial charge >= 0.3 is 0 Å². The quantitative estimate of drug-likeness (QED) is 0.542. The molecule has 0 aromatic heterocycles. The third-order valence-corrected chi connectivity index (χ3v) is 4.51. The van der Waals surface area contributed by atoms with Crippen LogP contribution in [0.5, 0.6) is 5.75 Å². The second-order valence-corrected chi connectivity index (χ2v) is 7.87. The first-order valence-electron chi connectivity index (χ1n) is 8.43. The standard InChI is InChI=1S/C21H27BrO/c1-15(2)11-17-9-10-21(19(13-17)12-16(3)4)23-14-18-7-5-6-8-20(18)22/h5-10,13,15-16H,11-12,14H2,1-4H3. The summed E-state index contributed by atoms with van der Waals surface area (Å²) in [6.45, 7) is 9.63. The van der Waals surface area contributed by atoms with Crippen LogP contribution in [0.25, 0.3) is 0 Å². The smallest absolute Gasteiger partial charge is 0.123 e. The van der Waals surface area contributed by atoms with Crippen LogP contribution in [-0.2, 0) is 19.4 Å². The maximum Gasteiger partial charge on any atom is 0.123 e. The molecule has 0 atom stereocenters. The van der Waals surface area contributed by atoms with Crippen LogP contribution in [0.4, 0.5) is 0 Å². The first-order valence-corrected chi connectivity index (χ1v) is 9.23. The molecular weight excluding hydrogens is 348 g/mol. The van der Waals surface area contributed by atoms with Crippen LogP contribution in [0, 0.1) is 11.8 Å². The van der Waals surface area contributed by atoms with Crippen molar-refractivity contribution in [3.63, 3.8) is 0 Å². The van der Waals surface area contributed by atoms with E-state index in [0.717, 1.165) is 23.1 Å². The minimum atomic E-state index is 0.593. The molecule has 0 aliphatic carbocycles. The van der Waals surface area contributed by atoms with Gasteiger partial charge in [-0.15, -0.1) is 0 Å². The van der Waals surface area contributed by atoms with Gasteiger partial charge in [0.2, 0.25) is 0 Å². The molecule has 0 heterocycles. The number of rotatable bonds is 7. The topological polar surface area (TPSA) is 9.23 Å². The fourth-order valence-electron chi connectivity index (χ4n) is 2.74. The largest absolute Gasteiger partial charge is 0.489 e. The summed E-state index contributed by atoms with van der Waals surface area (Å²) >= 11 is 3.59. The summed E-state index contributed by atoms with van der Waals surface area (Å²) in [7, 11) is 0. The van der Waals surface area contributed by atoms with Gasteiger partial charge in [0.25, 0.3) is 0 Å². The van der Waals surface area contributed by atoms with Gasteiger partial charge in [0.15, 0.2) is 0 Å². The van der Waals surface area contributed by atoms with Crippen LogP contribution in [0.3, 0.4) is 0 Å². The molecule has 124 valence electrons. The van der Waals surface area contributed by atoms with Crippen LogP contribution in [0.15, 0.2) is 46.9 Å². The predicted molar refractivity (Wildman–Crippen MR) is 102 cm³/mol. The average molecular weight is 375 g/mol. The first kappa shape index (κ1) is 18.1. The van der Waals surface area contributed by atoms with Gasteiger partial charge in [-0.25, -0.2) is 0 Å². The summed E-state index contributed by atoms with van der Waals surface area (Å²) in [6.07, 6.45) is 2.17. The Hall–Kier alpha value is -1.28. The summed E-state index contributed by atoms with van der Waals surface area (Å²) in [5.41, 5.74) is 3.91. The summed E-state index contributed by atoms with van der Waals surface area (Å²) in [5, 5.41) is 0. The zero-order valence-electron chi connectivity index (χ0n) is 14.6. The van der Waals surface area contributed by atoms with E-state index >= 15 is 0 Å². The minimum absolute atomic E-state index is 0.593. The Bertz CT molecular complexity index is 631. The highest BCUT2D eigenvalue weighted by atomic mass is 79.9. The normalized spacial score (nSPS) is 11.3. The Balaban J connectivity index is 2.17. The van der Waals surface area contributed by atoms with Gasteiger partial charge in [0.1, 0.15) is 12.4 Å². The molecule has 2 aromatic carbocycles. The average Bonchev–Trinajstić information content (AvgIpc) is 2.47. The second-order valence-electron chi connectivity index (χ2n) is 7.02. The van der Waals surface area contributed by atoms with Gasteiger partial charge in [-0.05, 0) is 47.9 Å². The molecule has 0 amide bonds. The van der Waals surface area contributed by atoms with Crippen molar-refractivity contribution in [1.29, 1.82) is 0 Å². The van der Waals surface area contributed by atoms with Crippen LogP contribution in [-0.4, -0.2) is 0 Å². The molecule has 0 saturated heterocycles. The lowest BCUT2D eigenvalue weighted by Crippen LogP contribution is -2.04. The minimum Gasteiger partial charge on any atom is -0.489 e. The zero-order chi connectivity index (χ0) is 16.8. The van der Waals surface area contributed by atoms with E-state index in [4.69, 9.17) is 4.74 Å². The summed E-state index contributed by atoms with van der Waals surface area (Å²) in [6, 6.07) is 14.9. The van der Waals surface area contributed by atoms with Crippen molar-refractivity contribution in [3.05, 3.63) is 63.6 Å². The molecule has 2 aromatic rings. The molecule has 23 heavy (non-hydrogen) atoms.